The highest BCUT2D eigenvalue weighted by atomic mass is 14.0. The van der Waals surface area contributed by atoms with E-state index in [4.69, 9.17) is 0 Å². The summed E-state index contributed by atoms with van der Waals surface area (Å²) in [5.74, 6) is 0. The quantitative estimate of drug-likeness (QED) is 0.228. The Kier molecular flexibility index (Phi) is 9.16. The fraction of sp³-hybridized carbons (Fsp3) is 0. The van der Waals surface area contributed by atoms with Crippen molar-refractivity contribution in [3.63, 3.8) is 0 Å². The molecule has 8 aromatic rings. The van der Waals surface area contributed by atoms with E-state index in [1.165, 1.54) is 0 Å². The van der Waals surface area contributed by atoms with Crippen LogP contribution in [0.4, 0.5) is 0 Å². The maximum atomic E-state index is 3.39. The van der Waals surface area contributed by atoms with Gasteiger partial charge in [-0.15, -0.1) is 0 Å². The summed E-state index contributed by atoms with van der Waals surface area (Å²) >= 11 is 0. The van der Waals surface area contributed by atoms with E-state index < -0.39 is 0 Å². The van der Waals surface area contributed by atoms with Crippen molar-refractivity contribution in [3.05, 3.63) is 232 Å². The molecule has 0 aliphatic heterocycles. The van der Waals surface area contributed by atoms with E-state index in [0.29, 0.717) is 0 Å². The molecule has 7 aliphatic carbocycles. The molecule has 0 unspecified atom stereocenters. The molecule has 0 saturated carbocycles. The molecule has 8 aromatic carbocycles. The van der Waals surface area contributed by atoms with Gasteiger partial charge in [-0.2, -0.15) is 0 Å². The van der Waals surface area contributed by atoms with Crippen LogP contribution in [0.25, 0.3) is 90.3 Å². The van der Waals surface area contributed by atoms with Gasteiger partial charge in [0.1, 0.15) is 0 Å². The summed E-state index contributed by atoms with van der Waals surface area (Å²) < 4.78 is 0. The molecular weight excluding hydrogens is 673 g/mol. The maximum absolute atomic E-state index is 3.39. The summed E-state index contributed by atoms with van der Waals surface area (Å²) in [4.78, 5) is 0. The third-order valence-corrected chi connectivity index (χ3v) is 9.46. The average molecular weight is 701 g/mol. The van der Waals surface area contributed by atoms with Crippen LogP contribution >= 0.6 is 0 Å². The van der Waals surface area contributed by atoms with Gasteiger partial charge in [0.25, 0.3) is 0 Å². The molecule has 0 N–H and O–H groups in total. The van der Waals surface area contributed by atoms with Crippen molar-refractivity contribution in [3.8, 4) is 0 Å². The molecule has 0 nitrogen and oxygen atoms in total. The van der Waals surface area contributed by atoms with Crippen molar-refractivity contribution in [1.82, 2.24) is 0 Å². The summed E-state index contributed by atoms with van der Waals surface area (Å²) in [7, 11) is 0. The van der Waals surface area contributed by atoms with E-state index in [0.717, 1.165) is 84.2 Å². The van der Waals surface area contributed by atoms with E-state index in [9.17, 15) is 0 Å². The van der Waals surface area contributed by atoms with E-state index in [1.807, 2.05) is 121 Å². The molecule has 0 radical (unpaired) electrons. The van der Waals surface area contributed by atoms with Crippen molar-refractivity contribution in [2.45, 2.75) is 0 Å². The minimum atomic E-state index is 0.927. The predicted octanol–water partition coefficient (Wildman–Crippen LogP) is 2.40. The zero-order valence-electron chi connectivity index (χ0n) is 30.2. The standard InChI is InChI=1S/C56H28/c1-2-6-54-50-34-30-46-23-15-42(16-24-46)11-12-44-19-27-48(28-20-44)32-36-52-40-39-51(55-7-3-4-8-56(52)55)35-31-47-25-17-43(18-26-47)10-9-41-13-21-45(22-14-41)29-33-49(37-38-50)53(54)5-1/h1-8,13-28,37-40H. The summed E-state index contributed by atoms with van der Waals surface area (Å²) in [6.07, 6.45) is 0. The van der Waals surface area contributed by atoms with Gasteiger partial charge in [-0.05, 0) is 143 Å². The van der Waals surface area contributed by atoms with E-state index in [-0.39, 0.29) is 0 Å². The number of hydrogen-bond acceptors (Lipinski definition) is 0. The van der Waals surface area contributed by atoms with Crippen LogP contribution in [0.1, 0.15) is 0 Å². The Labute approximate surface area is 321 Å². The summed E-state index contributed by atoms with van der Waals surface area (Å²) in [6, 6.07) is 57.0. The second-order valence-electron chi connectivity index (χ2n) is 13.2. The van der Waals surface area contributed by atoms with Crippen molar-refractivity contribution in [2.24, 2.45) is 0 Å². The van der Waals surface area contributed by atoms with E-state index in [2.05, 4.69) is 117 Å². The molecule has 0 heteroatoms. The lowest BCUT2D eigenvalue weighted by atomic mass is 10.1. The monoisotopic (exact) mass is 700 g/mol. The van der Waals surface area contributed by atoms with Gasteiger partial charge in [0.05, 0.1) is 0 Å². The highest BCUT2D eigenvalue weighted by molar-refractivity contribution is 5.86. The highest BCUT2D eigenvalue weighted by Crippen LogP contribution is 2.04. The van der Waals surface area contributed by atoms with Crippen molar-refractivity contribution in [1.29, 1.82) is 0 Å². The van der Waals surface area contributed by atoms with Crippen LogP contribution in [-0.4, -0.2) is 0 Å². The van der Waals surface area contributed by atoms with Gasteiger partial charge in [-0.1, -0.05) is 117 Å². The minimum Gasteiger partial charge on any atom is -0.0617 e. The minimum absolute atomic E-state index is 0.927. The molecule has 0 amide bonds. The molecule has 0 aromatic heterocycles. The fourth-order valence-electron chi connectivity index (χ4n) is 6.43. The lowest BCUT2D eigenvalue weighted by Crippen LogP contribution is -2.10. The lowest BCUT2D eigenvalue weighted by molar-refractivity contribution is 1.55. The predicted molar refractivity (Wildman–Crippen MR) is 230 cm³/mol. The van der Waals surface area contributed by atoms with Gasteiger partial charge in [0.2, 0.25) is 0 Å². The van der Waals surface area contributed by atoms with Crippen LogP contribution in [0.3, 0.4) is 0 Å². The first-order valence-corrected chi connectivity index (χ1v) is 18.3. The van der Waals surface area contributed by atoms with Gasteiger partial charge >= 0.3 is 0 Å². The Morgan fingerprint density at radius 2 is 0.321 bits per heavy atom. The lowest BCUT2D eigenvalue weighted by Gasteiger charge is -1.96. The Morgan fingerprint density at radius 3 is 0.500 bits per heavy atom. The molecule has 0 fully saturated rings. The fourth-order valence-corrected chi connectivity index (χ4v) is 6.43. The van der Waals surface area contributed by atoms with Crippen LogP contribution in [0.5, 0.6) is 0 Å². The Morgan fingerprint density at radius 1 is 0.161 bits per heavy atom. The van der Waals surface area contributed by atoms with Crippen LogP contribution < -0.4 is 62.6 Å². The van der Waals surface area contributed by atoms with Crippen LogP contribution in [0.2, 0.25) is 0 Å². The number of fused-ring (bicyclic) bond motifs is 2. The second-order valence-corrected chi connectivity index (χ2v) is 13.2. The van der Waals surface area contributed by atoms with Gasteiger partial charge in [0, 0.05) is 62.6 Å². The Hall–Kier alpha value is -8.36. The zero-order chi connectivity index (χ0) is 37.5. The Bertz CT molecular complexity index is 3450. The van der Waals surface area contributed by atoms with Crippen molar-refractivity contribution < 1.29 is 0 Å². The summed E-state index contributed by atoms with van der Waals surface area (Å²) in [5.41, 5.74) is 40.1. The zero-order valence-corrected chi connectivity index (χ0v) is 30.2. The summed E-state index contributed by atoms with van der Waals surface area (Å²) in [5, 5.41) is 15.6. The number of rotatable bonds is 0. The van der Waals surface area contributed by atoms with Gasteiger partial charge in [-0.3, -0.25) is 0 Å². The maximum Gasteiger partial charge on any atom is 0.0328 e. The topological polar surface area (TPSA) is 0 Å². The molecule has 7 aliphatic rings. The average Bonchev–Trinajstić information content (AvgIpc) is 3.26. The van der Waals surface area contributed by atoms with Crippen molar-refractivity contribution in [2.75, 3.05) is 0 Å². The molecule has 15 rings (SSSR count). The van der Waals surface area contributed by atoms with Crippen molar-refractivity contribution >= 4 is 90.3 Å². The third-order valence-electron chi connectivity index (χ3n) is 9.46. The molecule has 0 spiro atoms. The highest BCUT2D eigenvalue weighted by Gasteiger charge is 1.96. The first kappa shape index (κ1) is 33.5. The van der Waals surface area contributed by atoms with Gasteiger partial charge in [-0.25, -0.2) is 0 Å². The largest absolute Gasteiger partial charge is 0.0617 e. The smallest absolute Gasteiger partial charge is 0.0328 e. The Balaban J connectivity index is 1.32. The van der Waals surface area contributed by atoms with Crippen LogP contribution in [0.15, 0.2) is 170 Å². The third kappa shape index (κ3) is 7.57. The normalized spacial score (nSPS) is 10.9. The molecule has 0 saturated heterocycles. The molecule has 252 valence electrons. The van der Waals surface area contributed by atoms with Gasteiger partial charge < -0.3 is 0 Å². The molecule has 56 heavy (non-hydrogen) atoms. The molecule has 0 atom stereocenters. The van der Waals surface area contributed by atoms with E-state index >= 15 is 0 Å². The summed E-state index contributed by atoms with van der Waals surface area (Å²) in [6.45, 7) is 0. The second kappa shape index (κ2) is 15.3. The van der Waals surface area contributed by atoms with Crippen LogP contribution in [0, 0.1) is 0 Å². The molecule has 0 heterocycles. The van der Waals surface area contributed by atoms with E-state index in [1.54, 1.807) is 0 Å². The SMILES string of the molecule is C1=C=c2ccc(cc2)=C=C=c2ccc(c3ccccc23)=C=C=c2ccc(cc2)=C=C=c2ccc(cc2)=C=C=c2ccc(c3ccccc23)=C=C=c2ccc=1cc2. The number of hydrogen-bond donors (Lipinski definition) is 0. The van der Waals surface area contributed by atoms with Crippen LogP contribution in [-0.2, 0) is 0 Å². The van der Waals surface area contributed by atoms with Gasteiger partial charge in [0.15, 0.2) is 0 Å². The number of benzene rings is 8. The first-order valence-electron chi connectivity index (χ1n) is 18.3. The first-order chi connectivity index (χ1) is 27.7. The molecule has 12 bridgehead atoms. The molecular formula is C56H28.